The number of para-hydroxylation sites is 1. The molecule has 0 spiro atoms. The molecule has 1 fully saturated rings. The maximum atomic E-state index is 13.2. The Labute approximate surface area is 193 Å². The van der Waals surface area contributed by atoms with Gasteiger partial charge in [0, 0.05) is 26.2 Å². The molecule has 0 N–H and O–H groups in total. The molecule has 1 aliphatic heterocycles. The second-order valence-corrected chi connectivity index (χ2v) is 9.12. The fourth-order valence-electron chi connectivity index (χ4n) is 3.88. The Morgan fingerprint density at radius 3 is 2.62 bits per heavy atom. The van der Waals surface area contributed by atoms with E-state index in [1.807, 2.05) is 35.2 Å². The average molecular weight is 454 g/mol. The SMILES string of the molecule is Cc1ccc(C)c2sc(N(CCCN3CCOCC3)C(=O)CCOc3ccccc3)nc12. The molecule has 1 saturated heterocycles. The van der Waals surface area contributed by atoms with Gasteiger partial charge in [0.1, 0.15) is 5.75 Å². The minimum Gasteiger partial charge on any atom is -0.493 e. The Bertz CT molecular complexity index is 993. The lowest BCUT2D eigenvalue weighted by atomic mass is 10.1. The van der Waals surface area contributed by atoms with Gasteiger partial charge in [0.25, 0.3) is 0 Å². The van der Waals surface area contributed by atoms with Gasteiger partial charge in [-0.3, -0.25) is 14.6 Å². The fourth-order valence-corrected chi connectivity index (χ4v) is 5.03. The molecule has 1 aromatic heterocycles. The highest BCUT2D eigenvalue weighted by molar-refractivity contribution is 7.22. The van der Waals surface area contributed by atoms with Gasteiger partial charge in [-0.1, -0.05) is 41.7 Å². The molecule has 0 radical (unpaired) electrons. The third-order valence-electron chi connectivity index (χ3n) is 5.75. The zero-order valence-corrected chi connectivity index (χ0v) is 19.7. The van der Waals surface area contributed by atoms with Crippen molar-refractivity contribution in [1.29, 1.82) is 0 Å². The summed E-state index contributed by atoms with van der Waals surface area (Å²) in [6.07, 6.45) is 1.22. The number of ether oxygens (including phenoxy) is 2. The van der Waals surface area contributed by atoms with E-state index in [0.29, 0.717) is 19.6 Å². The third kappa shape index (κ3) is 5.65. The zero-order chi connectivity index (χ0) is 22.3. The first-order valence-electron chi connectivity index (χ1n) is 11.3. The van der Waals surface area contributed by atoms with Gasteiger partial charge in [0.15, 0.2) is 5.13 Å². The highest BCUT2D eigenvalue weighted by Gasteiger charge is 2.21. The number of morpholine rings is 1. The van der Waals surface area contributed by atoms with Gasteiger partial charge in [0.05, 0.1) is 36.5 Å². The number of benzene rings is 2. The van der Waals surface area contributed by atoms with Crippen molar-refractivity contribution < 1.29 is 14.3 Å². The molecule has 4 rings (SSSR count). The van der Waals surface area contributed by atoms with Crippen molar-refractivity contribution >= 4 is 32.6 Å². The van der Waals surface area contributed by atoms with Gasteiger partial charge in [-0.15, -0.1) is 0 Å². The van der Waals surface area contributed by atoms with Crippen LogP contribution in [0.4, 0.5) is 5.13 Å². The molecule has 0 bridgehead atoms. The Hall–Kier alpha value is -2.48. The van der Waals surface area contributed by atoms with E-state index in [1.54, 1.807) is 11.3 Å². The Kier molecular flexibility index (Phi) is 7.73. The van der Waals surface area contributed by atoms with Crippen molar-refractivity contribution in [2.75, 3.05) is 50.9 Å². The zero-order valence-electron chi connectivity index (χ0n) is 18.9. The second kappa shape index (κ2) is 10.9. The molecule has 170 valence electrons. The lowest BCUT2D eigenvalue weighted by Crippen LogP contribution is -2.39. The summed E-state index contributed by atoms with van der Waals surface area (Å²) in [7, 11) is 0. The molecule has 1 amide bonds. The summed E-state index contributed by atoms with van der Waals surface area (Å²) in [5.74, 6) is 0.836. The van der Waals surface area contributed by atoms with Crippen LogP contribution >= 0.6 is 11.3 Å². The number of hydrogen-bond acceptors (Lipinski definition) is 6. The summed E-state index contributed by atoms with van der Waals surface area (Å²) in [6, 6.07) is 13.8. The van der Waals surface area contributed by atoms with E-state index in [1.165, 1.54) is 5.56 Å². The van der Waals surface area contributed by atoms with E-state index < -0.39 is 0 Å². The number of aryl methyl sites for hydroxylation is 2. The summed E-state index contributed by atoms with van der Waals surface area (Å²) in [6.45, 7) is 9.62. The van der Waals surface area contributed by atoms with Crippen LogP contribution in [0.2, 0.25) is 0 Å². The number of nitrogens with zero attached hydrogens (tertiary/aromatic N) is 3. The van der Waals surface area contributed by atoms with Crippen molar-refractivity contribution in [2.24, 2.45) is 0 Å². The van der Waals surface area contributed by atoms with Gasteiger partial charge in [-0.05, 0) is 43.5 Å². The third-order valence-corrected chi connectivity index (χ3v) is 6.96. The van der Waals surface area contributed by atoms with E-state index in [4.69, 9.17) is 14.5 Å². The molecule has 0 atom stereocenters. The number of carbonyl (C=O) groups excluding carboxylic acids is 1. The Morgan fingerprint density at radius 2 is 1.88 bits per heavy atom. The topological polar surface area (TPSA) is 54.9 Å². The van der Waals surface area contributed by atoms with Crippen molar-refractivity contribution in [3.05, 3.63) is 53.6 Å². The molecule has 1 aliphatic rings. The quantitative estimate of drug-likeness (QED) is 0.480. The van der Waals surface area contributed by atoms with Crippen LogP contribution in [-0.4, -0.2) is 61.8 Å². The maximum Gasteiger partial charge on any atom is 0.232 e. The standard InChI is InChI=1S/C25H31N3O3S/c1-19-9-10-20(2)24-23(19)26-25(32-24)28(13-6-12-27-14-17-30-18-15-27)22(29)11-16-31-21-7-4-3-5-8-21/h3-5,7-10H,6,11-18H2,1-2H3. The molecule has 3 aromatic rings. The first-order chi connectivity index (χ1) is 15.6. The van der Waals surface area contributed by atoms with Crippen LogP contribution in [-0.2, 0) is 9.53 Å². The van der Waals surface area contributed by atoms with Crippen molar-refractivity contribution in [3.63, 3.8) is 0 Å². The van der Waals surface area contributed by atoms with Crippen LogP contribution in [0.1, 0.15) is 24.0 Å². The second-order valence-electron chi connectivity index (χ2n) is 8.14. The molecule has 0 saturated carbocycles. The van der Waals surface area contributed by atoms with E-state index in [2.05, 4.69) is 30.9 Å². The van der Waals surface area contributed by atoms with Crippen molar-refractivity contribution in [2.45, 2.75) is 26.7 Å². The molecule has 0 unspecified atom stereocenters. The number of thiazole rings is 1. The number of anilines is 1. The molecule has 0 aliphatic carbocycles. The van der Waals surface area contributed by atoms with Gasteiger partial charge < -0.3 is 9.47 Å². The minimum absolute atomic E-state index is 0.0530. The molecule has 32 heavy (non-hydrogen) atoms. The number of aromatic nitrogens is 1. The average Bonchev–Trinajstić information content (AvgIpc) is 3.27. The lowest BCUT2D eigenvalue weighted by molar-refractivity contribution is -0.119. The maximum absolute atomic E-state index is 13.2. The number of rotatable bonds is 9. The van der Waals surface area contributed by atoms with Gasteiger partial charge in [0.2, 0.25) is 5.91 Å². The van der Waals surface area contributed by atoms with Gasteiger partial charge >= 0.3 is 0 Å². The smallest absolute Gasteiger partial charge is 0.232 e. The van der Waals surface area contributed by atoms with Crippen molar-refractivity contribution in [1.82, 2.24) is 9.88 Å². The molecule has 2 heterocycles. The normalized spacial score (nSPS) is 14.6. The first-order valence-corrected chi connectivity index (χ1v) is 12.1. The van der Waals surface area contributed by atoms with Crippen LogP contribution in [0, 0.1) is 13.8 Å². The molecule has 6 nitrogen and oxygen atoms in total. The monoisotopic (exact) mass is 453 g/mol. The van der Waals surface area contributed by atoms with Gasteiger partial charge in [-0.2, -0.15) is 0 Å². The van der Waals surface area contributed by atoms with Crippen LogP contribution in [0.15, 0.2) is 42.5 Å². The number of fused-ring (bicyclic) bond motifs is 1. The predicted molar refractivity (Wildman–Crippen MR) is 130 cm³/mol. The largest absolute Gasteiger partial charge is 0.493 e. The highest BCUT2D eigenvalue weighted by Crippen LogP contribution is 2.33. The van der Waals surface area contributed by atoms with E-state index in [-0.39, 0.29) is 5.91 Å². The molecular formula is C25H31N3O3S. The summed E-state index contributed by atoms with van der Waals surface area (Å²) < 4.78 is 12.4. The first kappa shape index (κ1) is 22.7. The molecule has 2 aromatic carbocycles. The van der Waals surface area contributed by atoms with Crippen LogP contribution in [0.25, 0.3) is 10.2 Å². The summed E-state index contributed by atoms with van der Waals surface area (Å²) in [5.41, 5.74) is 3.33. The van der Waals surface area contributed by atoms with Crippen molar-refractivity contribution in [3.8, 4) is 5.75 Å². The molecular weight excluding hydrogens is 422 g/mol. The number of hydrogen-bond donors (Lipinski definition) is 0. The Balaban J connectivity index is 1.46. The number of carbonyl (C=O) groups is 1. The summed E-state index contributed by atoms with van der Waals surface area (Å²) >= 11 is 1.61. The van der Waals surface area contributed by atoms with E-state index in [9.17, 15) is 4.79 Å². The fraction of sp³-hybridized carbons (Fsp3) is 0.440. The predicted octanol–water partition coefficient (Wildman–Crippen LogP) is 4.44. The minimum atomic E-state index is 0.0530. The van der Waals surface area contributed by atoms with Gasteiger partial charge in [-0.25, -0.2) is 4.98 Å². The highest BCUT2D eigenvalue weighted by atomic mass is 32.1. The Morgan fingerprint density at radius 1 is 1.12 bits per heavy atom. The molecule has 7 heteroatoms. The van der Waals surface area contributed by atoms with E-state index >= 15 is 0 Å². The van der Waals surface area contributed by atoms with Crippen LogP contribution in [0.5, 0.6) is 5.75 Å². The summed E-state index contributed by atoms with van der Waals surface area (Å²) in [5, 5.41) is 0.782. The van der Waals surface area contributed by atoms with Crippen LogP contribution in [0.3, 0.4) is 0 Å². The van der Waals surface area contributed by atoms with Crippen LogP contribution < -0.4 is 9.64 Å². The summed E-state index contributed by atoms with van der Waals surface area (Å²) in [4.78, 5) is 22.4. The number of amides is 1. The lowest BCUT2D eigenvalue weighted by Gasteiger charge is -2.27. The van der Waals surface area contributed by atoms with E-state index in [0.717, 1.165) is 65.9 Å².